The van der Waals surface area contributed by atoms with Gasteiger partial charge in [0.05, 0.1) is 36.8 Å². The monoisotopic (exact) mass is 422 g/mol. The zero-order valence-corrected chi connectivity index (χ0v) is 17.7. The molecule has 154 valence electrons. The molecule has 0 amide bonds. The lowest BCUT2D eigenvalue weighted by Crippen LogP contribution is -3.12. The number of likely N-dealkylation sites (tertiary alicyclic amines) is 1. The minimum Gasteiger partial charge on any atom is -0.497 e. The molecular weight excluding hydrogens is 398 g/mol. The van der Waals surface area contributed by atoms with Crippen LogP contribution in [0.1, 0.15) is 19.3 Å². The lowest BCUT2D eigenvalue weighted by atomic mass is 10.1. The number of benzene rings is 2. The van der Waals surface area contributed by atoms with Crippen LogP contribution in [-0.4, -0.2) is 38.9 Å². The van der Waals surface area contributed by atoms with E-state index in [-0.39, 0.29) is 5.56 Å². The molecule has 0 aliphatic carbocycles. The molecule has 1 aliphatic rings. The predicted octanol–water partition coefficient (Wildman–Crippen LogP) is 2.20. The normalized spacial score (nSPS) is 15.1. The maximum atomic E-state index is 13.4. The third-order valence-corrected chi connectivity index (χ3v) is 6.26. The minimum absolute atomic E-state index is 0.110. The highest BCUT2D eigenvalue weighted by Crippen LogP contribution is 2.19. The summed E-state index contributed by atoms with van der Waals surface area (Å²) in [7, 11) is 1.62. The molecule has 0 unspecified atom stereocenters. The summed E-state index contributed by atoms with van der Waals surface area (Å²) in [5.41, 5.74) is 1.40. The van der Waals surface area contributed by atoms with Crippen LogP contribution in [0.5, 0.6) is 5.75 Å². The molecule has 8 heteroatoms. The fraction of sp³-hybridized carbons (Fsp3) is 0.318. The van der Waals surface area contributed by atoms with E-state index in [2.05, 4.69) is 0 Å². The van der Waals surface area contributed by atoms with E-state index in [1.807, 2.05) is 57.6 Å². The summed E-state index contributed by atoms with van der Waals surface area (Å²) < 4.78 is 11.3. The van der Waals surface area contributed by atoms with Crippen molar-refractivity contribution in [2.24, 2.45) is 0 Å². The Morgan fingerprint density at radius 2 is 1.80 bits per heavy atom. The highest BCUT2D eigenvalue weighted by Gasteiger charge is 2.20. The highest BCUT2D eigenvalue weighted by atomic mass is 32.1. The third-order valence-electron chi connectivity index (χ3n) is 5.87. The largest absolute Gasteiger partial charge is 0.497 e. The fourth-order valence-corrected chi connectivity index (χ4v) is 4.59. The van der Waals surface area contributed by atoms with Crippen LogP contribution < -0.4 is 15.2 Å². The van der Waals surface area contributed by atoms with E-state index < -0.39 is 0 Å². The zero-order valence-electron chi connectivity index (χ0n) is 16.9. The summed E-state index contributed by atoms with van der Waals surface area (Å²) in [6.45, 7) is 2.97. The smallest absolute Gasteiger partial charge is 0.267 e. The lowest BCUT2D eigenvalue weighted by Gasteiger charge is -2.22. The molecule has 30 heavy (non-hydrogen) atoms. The molecule has 3 heterocycles. The van der Waals surface area contributed by atoms with Crippen molar-refractivity contribution in [3.05, 3.63) is 63.7 Å². The fourth-order valence-electron chi connectivity index (χ4n) is 4.30. The van der Waals surface area contributed by atoms with Gasteiger partial charge in [-0.15, -0.1) is 5.10 Å². The van der Waals surface area contributed by atoms with E-state index in [0.29, 0.717) is 22.6 Å². The van der Waals surface area contributed by atoms with Crippen molar-refractivity contribution in [3.63, 3.8) is 0 Å². The Balaban J connectivity index is 1.77. The quantitative estimate of drug-likeness (QED) is 0.513. The molecule has 2 aromatic heterocycles. The van der Waals surface area contributed by atoms with E-state index in [1.165, 1.54) is 24.2 Å². The Hall–Kier alpha value is -2.97. The number of nitrogens with one attached hydrogen (secondary N) is 1. The minimum atomic E-state index is -0.110. The Morgan fingerprint density at radius 3 is 2.53 bits per heavy atom. The van der Waals surface area contributed by atoms with Crippen molar-refractivity contribution in [1.82, 2.24) is 18.7 Å². The van der Waals surface area contributed by atoms with Gasteiger partial charge in [-0.1, -0.05) is 12.1 Å². The molecular formula is C22H24N5O2S+. The van der Waals surface area contributed by atoms with E-state index in [4.69, 9.17) is 22.1 Å². The Labute approximate surface area is 178 Å². The van der Waals surface area contributed by atoms with E-state index in [1.54, 1.807) is 11.7 Å². The standard InChI is InChI=1S/C22H23N5O2S/c1-29-17-11-9-16(10-12-17)26-20(28)18-7-3-4-8-19(18)27-21(26)23-25(22(27)30)15-24-13-5-2-6-14-24/h3-4,7-12H,2,5-6,13-15H2,1H3/p+1. The summed E-state index contributed by atoms with van der Waals surface area (Å²) >= 11 is 5.83. The average molecular weight is 423 g/mol. The van der Waals surface area contributed by atoms with Gasteiger partial charge in [-0.3, -0.25) is 9.20 Å². The average Bonchev–Trinajstić information content (AvgIpc) is 3.11. The first-order chi connectivity index (χ1) is 14.7. The van der Waals surface area contributed by atoms with Crippen molar-refractivity contribution >= 4 is 28.9 Å². The molecule has 5 rings (SSSR count). The number of aromatic nitrogens is 4. The molecule has 0 spiro atoms. The number of piperidine rings is 1. The van der Waals surface area contributed by atoms with Crippen LogP contribution in [0.25, 0.3) is 22.4 Å². The summed E-state index contributed by atoms with van der Waals surface area (Å²) in [6, 6.07) is 15.0. The number of para-hydroxylation sites is 1. The van der Waals surface area contributed by atoms with Gasteiger partial charge in [0.1, 0.15) is 5.75 Å². The SMILES string of the molecule is COc1ccc(-n2c(=O)c3ccccc3n3c(=S)n(C[NH+]4CCCCC4)nc23)cc1. The first-order valence-electron chi connectivity index (χ1n) is 10.3. The number of hydrogen-bond donors (Lipinski definition) is 1. The topological polar surface area (TPSA) is 57.9 Å². The van der Waals surface area contributed by atoms with Gasteiger partial charge in [0.15, 0.2) is 6.67 Å². The van der Waals surface area contributed by atoms with Crippen LogP contribution >= 0.6 is 12.2 Å². The van der Waals surface area contributed by atoms with E-state index in [9.17, 15) is 4.79 Å². The number of hydrogen-bond acceptors (Lipinski definition) is 4. The second kappa shape index (κ2) is 7.70. The maximum Gasteiger partial charge on any atom is 0.267 e. The van der Waals surface area contributed by atoms with Gasteiger partial charge in [-0.05, 0) is 67.9 Å². The van der Waals surface area contributed by atoms with Crippen LogP contribution in [-0.2, 0) is 6.67 Å². The first-order valence-corrected chi connectivity index (χ1v) is 10.7. The van der Waals surface area contributed by atoms with Gasteiger partial charge < -0.3 is 9.64 Å². The number of rotatable bonds is 4. The summed E-state index contributed by atoms with van der Waals surface area (Å²) in [5, 5.41) is 5.44. The van der Waals surface area contributed by atoms with Crippen LogP contribution in [0, 0.1) is 4.77 Å². The van der Waals surface area contributed by atoms with Crippen LogP contribution in [0.15, 0.2) is 53.3 Å². The van der Waals surface area contributed by atoms with Gasteiger partial charge in [-0.2, -0.15) is 4.68 Å². The van der Waals surface area contributed by atoms with Gasteiger partial charge in [0.2, 0.25) is 10.5 Å². The molecule has 0 bridgehead atoms. The molecule has 1 aliphatic heterocycles. The van der Waals surface area contributed by atoms with Crippen molar-refractivity contribution < 1.29 is 9.64 Å². The van der Waals surface area contributed by atoms with Crippen molar-refractivity contribution in [1.29, 1.82) is 0 Å². The molecule has 1 N–H and O–H groups in total. The molecule has 2 aromatic carbocycles. The number of fused-ring (bicyclic) bond motifs is 3. The maximum absolute atomic E-state index is 13.4. The second-order valence-corrected chi connectivity index (χ2v) is 8.11. The first kappa shape index (κ1) is 19.0. The van der Waals surface area contributed by atoms with E-state index in [0.717, 1.165) is 30.0 Å². The summed E-state index contributed by atoms with van der Waals surface area (Å²) in [5.74, 6) is 1.27. The van der Waals surface area contributed by atoms with Gasteiger partial charge in [-0.25, -0.2) is 4.57 Å². The van der Waals surface area contributed by atoms with Gasteiger partial charge >= 0.3 is 0 Å². The Morgan fingerprint density at radius 1 is 1.07 bits per heavy atom. The summed E-state index contributed by atoms with van der Waals surface area (Å²) in [6.07, 6.45) is 3.76. The lowest BCUT2D eigenvalue weighted by molar-refractivity contribution is -0.928. The van der Waals surface area contributed by atoms with E-state index >= 15 is 0 Å². The van der Waals surface area contributed by atoms with Crippen molar-refractivity contribution in [3.8, 4) is 11.4 Å². The third kappa shape index (κ3) is 3.12. The zero-order chi connectivity index (χ0) is 20.7. The number of quaternary nitrogens is 1. The van der Waals surface area contributed by atoms with Crippen LogP contribution in [0.2, 0.25) is 0 Å². The molecule has 4 aromatic rings. The van der Waals surface area contributed by atoms with Crippen molar-refractivity contribution in [2.45, 2.75) is 25.9 Å². The van der Waals surface area contributed by atoms with Crippen LogP contribution in [0.3, 0.4) is 0 Å². The Bertz CT molecular complexity index is 1330. The highest BCUT2D eigenvalue weighted by molar-refractivity contribution is 7.71. The van der Waals surface area contributed by atoms with Gasteiger partial charge in [0.25, 0.3) is 5.56 Å². The summed E-state index contributed by atoms with van der Waals surface area (Å²) in [4.78, 5) is 14.9. The predicted molar refractivity (Wildman–Crippen MR) is 118 cm³/mol. The second-order valence-electron chi connectivity index (χ2n) is 7.74. The van der Waals surface area contributed by atoms with Crippen LogP contribution in [0.4, 0.5) is 0 Å². The molecule has 0 radical (unpaired) electrons. The Kier molecular flexibility index (Phi) is 4.88. The molecule has 0 saturated carbocycles. The molecule has 1 fully saturated rings. The number of methoxy groups -OCH3 is 1. The number of ether oxygens (including phenoxy) is 1. The molecule has 1 saturated heterocycles. The molecule has 0 atom stereocenters. The number of nitrogens with zero attached hydrogens (tertiary/aromatic N) is 4. The molecule has 7 nitrogen and oxygen atoms in total. The van der Waals surface area contributed by atoms with Gasteiger partial charge in [0, 0.05) is 0 Å². The van der Waals surface area contributed by atoms with Crippen molar-refractivity contribution in [2.75, 3.05) is 20.2 Å².